The molecule has 9 nitrogen and oxygen atoms in total. The molecule has 0 saturated heterocycles. The standard InChI is InChI=1S/C24H21N5O4S/c1-14-20-23(25-13-28(2)24(20)31)34-21(14)22(30)27-15-7-8-17(32-3)18(10-15)33-12-16-11-29-9-5-4-6-19(29)26-16/h4-11,13H,12H2,1-3H3,(H,27,30). The van der Waals surface area contributed by atoms with Gasteiger partial charge in [0.25, 0.3) is 11.5 Å². The van der Waals surface area contributed by atoms with Gasteiger partial charge in [0.05, 0.1) is 29.4 Å². The van der Waals surface area contributed by atoms with Crippen molar-refractivity contribution < 1.29 is 14.3 Å². The molecule has 5 rings (SSSR count). The SMILES string of the molecule is COc1ccc(NC(=O)c2sc3ncn(C)c(=O)c3c2C)cc1OCc1cn2ccccc2n1. The number of thiophene rings is 1. The molecule has 5 aromatic rings. The number of amides is 1. The van der Waals surface area contributed by atoms with Crippen LogP contribution in [0.1, 0.15) is 20.9 Å². The van der Waals surface area contributed by atoms with E-state index in [1.54, 1.807) is 39.3 Å². The van der Waals surface area contributed by atoms with Crippen molar-refractivity contribution in [3.63, 3.8) is 0 Å². The number of methoxy groups -OCH3 is 1. The van der Waals surface area contributed by atoms with Gasteiger partial charge in [-0.05, 0) is 36.8 Å². The van der Waals surface area contributed by atoms with Crippen LogP contribution < -0.4 is 20.3 Å². The average Bonchev–Trinajstić information content (AvgIpc) is 3.41. The normalized spacial score (nSPS) is 11.1. The number of carbonyl (C=O) groups excluding carboxylic acids is 1. The van der Waals surface area contributed by atoms with Gasteiger partial charge in [0, 0.05) is 31.2 Å². The molecule has 1 N–H and O–H groups in total. The summed E-state index contributed by atoms with van der Waals surface area (Å²) in [6, 6.07) is 10.9. The fourth-order valence-electron chi connectivity index (χ4n) is 3.69. The van der Waals surface area contributed by atoms with E-state index in [-0.39, 0.29) is 18.1 Å². The fraction of sp³-hybridized carbons (Fsp3) is 0.167. The first-order valence-corrected chi connectivity index (χ1v) is 11.3. The molecule has 0 aliphatic carbocycles. The lowest BCUT2D eigenvalue weighted by Crippen LogP contribution is -2.17. The Kier molecular flexibility index (Phi) is 5.50. The highest BCUT2D eigenvalue weighted by Crippen LogP contribution is 2.32. The molecule has 0 atom stereocenters. The molecular weight excluding hydrogens is 454 g/mol. The number of fused-ring (bicyclic) bond motifs is 2. The van der Waals surface area contributed by atoms with Crippen LogP contribution in [0.3, 0.4) is 0 Å². The van der Waals surface area contributed by atoms with Crippen molar-refractivity contribution in [2.24, 2.45) is 7.05 Å². The van der Waals surface area contributed by atoms with Gasteiger partial charge < -0.3 is 23.8 Å². The number of ether oxygens (including phenoxy) is 2. The Balaban J connectivity index is 1.38. The molecule has 1 amide bonds. The topological polar surface area (TPSA) is 99.8 Å². The Morgan fingerprint density at radius 2 is 2.06 bits per heavy atom. The molecule has 172 valence electrons. The van der Waals surface area contributed by atoms with Crippen LogP contribution in [0.2, 0.25) is 0 Å². The first-order chi connectivity index (χ1) is 16.4. The van der Waals surface area contributed by atoms with Gasteiger partial charge in [-0.1, -0.05) is 6.07 Å². The predicted octanol–water partition coefficient (Wildman–Crippen LogP) is 3.79. The van der Waals surface area contributed by atoms with Gasteiger partial charge in [0.2, 0.25) is 0 Å². The maximum absolute atomic E-state index is 13.0. The monoisotopic (exact) mass is 475 g/mol. The lowest BCUT2D eigenvalue weighted by molar-refractivity contribution is 0.103. The van der Waals surface area contributed by atoms with Gasteiger partial charge in [-0.15, -0.1) is 11.3 Å². The molecule has 4 heterocycles. The van der Waals surface area contributed by atoms with Crippen LogP contribution >= 0.6 is 11.3 Å². The quantitative estimate of drug-likeness (QED) is 0.401. The molecule has 1 aromatic carbocycles. The van der Waals surface area contributed by atoms with E-state index in [0.29, 0.717) is 37.8 Å². The minimum absolute atomic E-state index is 0.176. The van der Waals surface area contributed by atoms with Crippen molar-refractivity contribution in [2.75, 3.05) is 12.4 Å². The second-order valence-electron chi connectivity index (χ2n) is 7.70. The third-order valence-electron chi connectivity index (χ3n) is 5.43. The zero-order valence-corrected chi connectivity index (χ0v) is 19.5. The first-order valence-electron chi connectivity index (χ1n) is 10.4. The minimum Gasteiger partial charge on any atom is -0.493 e. The number of imidazole rings is 1. The summed E-state index contributed by atoms with van der Waals surface area (Å²) in [6.07, 6.45) is 5.28. The Morgan fingerprint density at radius 3 is 2.85 bits per heavy atom. The smallest absolute Gasteiger partial charge is 0.266 e. The Labute approximate surface area is 198 Å². The number of nitrogens with zero attached hydrogens (tertiary/aromatic N) is 4. The first kappa shape index (κ1) is 21.7. The molecule has 0 aliphatic heterocycles. The van der Waals surface area contributed by atoms with E-state index in [1.807, 2.05) is 35.0 Å². The predicted molar refractivity (Wildman–Crippen MR) is 130 cm³/mol. The zero-order valence-electron chi connectivity index (χ0n) is 18.7. The number of nitrogens with one attached hydrogen (secondary N) is 1. The molecule has 0 bridgehead atoms. The van der Waals surface area contributed by atoms with Gasteiger partial charge in [-0.3, -0.25) is 9.59 Å². The molecule has 4 aromatic heterocycles. The number of aromatic nitrogens is 4. The Morgan fingerprint density at radius 1 is 1.21 bits per heavy atom. The third kappa shape index (κ3) is 3.88. The van der Waals surface area contributed by atoms with Gasteiger partial charge in [-0.2, -0.15) is 0 Å². The molecule has 0 spiro atoms. The molecule has 0 fully saturated rings. The lowest BCUT2D eigenvalue weighted by atomic mass is 10.2. The number of hydrogen-bond donors (Lipinski definition) is 1. The fourth-order valence-corrected chi connectivity index (χ4v) is 4.72. The second kappa shape index (κ2) is 8.64. The molecule has 0 aliphatic rings. The summed E-state index contributed by atoms with van der Waals surface area (Å²) in [5, 5.41) is 3.35. The summed E-state index contributed by atoms with van der Waals surface area (Å²) >= 11 is 1.19. The zero-order chi connectivity index (χ0) is 23.8. The van der Waals surface area contributed by atoms with Gasteiger partial charge in [0.1, 0.15) is 17.1 Å². The number of carbonyl (C=O) groups is 1. The highest BCUT2D eigenvalue weighted by atomic mass is 32.1. The number of aryl methyl sites for hydroxylation is 2. The van der Waals surface area contributed by atoms with Crippen LogP contribution in [0.15, 0.2) is 59.9 Å². The van der Waals surface area contributed by atoms with Crippen LogP contribution in [0.5, 0.6) is 11.5 Å². The number of benzene rings is 1. The third-order valence-corrected chi connectivity index (χ3v) is 6.63. The second-order valence-corrected chi connectivity index (χ2v) is 8.70. The summed E-state index contributed by atoms with van der Waals surface area (Å²) < 4.78 is 14.7. The Bertz CT molecular complexity index is 1570. The van der Waals surface area contributed by atoms with Crippen molar-refractivity contribution in [1.29, 1.82) is 0 Å². The molecule has 10 heteroatoms. The largest absolute Gasteiger partial charge is 0.493 e. The van der Waals surface area contributed by atoms with E-state index >= 15 is 0 Å². The molecule has 0 unspecified atom stereocenters. The van der Waals surface area contributed by atoms with Gasteiger partial charge in [0.15, 0.2) is 11.5 Å². The van der Waals surface area contributed by atoms with Crippen molar-refractivity contribution in [3.8, 4) is 11.5 Å². The summed E-state index contributed by atoms with van der Waals surface area (Å²) in [5.74, 6) is 0.687. The van der Waals surface area contributed by atoms with E-state index in [2.05, 4.69) is 15.3 Å². The average molecular weight is 476 g/mol. The van der Waals surface area contributed by atoms with Crippen LogP contribution in [-0.4, -0.2) is 32.0 Å². The summed E-state index contributed by atoms with van der Waals surface area (Å²) in [6.45, 7) is 1.99. The highest BCUT2D eigenvalue weighted by molar-refractivity contribution is 7.20. The molecule has 0 saturated carbocycles. The van der Waals surface area contributed by atoms with E-state index < -0.39 is 0 Å². The number of hydrogen-bond acceptors (Lipinski definition) is 7. The van der Waals surface area contributed by atoms with E-state index in [9.17, 15) is 9.59 Å². The maximum Gasteiger partial charge on any atom is 0.266 e. The van der Waals surface area contributed by atoms with E-state index in [4.69, 9.17) is 9.47 Å². The van der Waals surface area contributed by atoms with E-state index in [1.165, 1.54) is 22.2 Å². The van der Waals surface area contributed by atoms with Gasteiger partial charge >= 0.3 is 0 Å². The lowest BCUT2D eigenvalue weighted by Gasteiger charge is -2.12. The molecule has 0 radical (unpaired) electrons. The number of pyridine rings is 1. The molecular formula is C24H21N5O4S. The van der Waals surface area contributed by atoms with Crippen molar-refractivity contribution in [1.82, 2.24) is 18.9 Å². The van der Waals surface area contributed by atoms with Crippen LogP contribution in [0.25, 0.3) is 15.9 Å². The number of rotatable bonds is 6. The summed E-state index contributed by atoms with van der Waals surface area (Å²) in [4.78, 5) is 35.3. The van der Waals surface area contributed by atoms with Crippen molar-refractivity contribution in [3.05, 3.63) is 81.6 Å². The molecule has 34 heavy (non-hydrogen) atoms. The minimum atomic E-state index is -0.320. The van der Waals surface area contributed by atoms with Crippen molar-refractivity contribution >= 4 is 38.8 Å². The number of anilines is 1. The highest BCUT2D eigenvalue weighted by Gasteiger charge is 2.20. The summed E-state index contributed by atoms with van der Waals surface area (Å²) in [5.41, 5.74) is 2.57. The van der Waals surface area contributed by atoms with Crippen molar-refractivity contribution in [2.45, 2.75) is 13.5 Å². The summed E-state index contributed by atoms with van der Waals surface area (Å²) in [7, 11) is 3.19. The van der Waals surface area contributed by atoms with Crippen LogP contribution in [0.4, 0.5) is 5.69 Å². The van der Waals surface area contributed by atoms with E-state index in [0.717, 1.165) is 11.3 Å². The Hall–Kier alpha value is -4.18. The maximum atomic E-state index is 13.0. The van der Waals surface area contributed by atoms with Gasteiger partial charge in [-0.25, -0.2) is 9.97 Å². The van der Waals surface area contributed by atoms with Crippen LogP contribution in [0, 0.1) is 6.92 Å². The van der Waals surface area contributed by atoms with Crippen LogP contribution in [-0.2, 0) is 13.7 Å².